The minimum atomic E-state index is -0.626. The van der Waals surface area contributed by atoms with Crippen LogP contribution in [0.2, 0.25) is 0 Å². The first-order valence-corrected chi connectivity index (χ1v) is 7.21. The number of rotatable bonds is 2. The Morgan fingerprint density at radius 2 is 2.10 bits per heavy atom. The molecule has 2 atom stereocenters. The number of hydrogen-bond acceptors (Lipinski definition) is 3. The number of nitrogens with zero attached hydrogens (tertiary/aromatic N) is 2. The number of pyridine rings is 2. The van der Waals surface area contributed by atoms with Crippen LogP contribution in [0.5, 0.6) is 0 Å². The number of fused-ring (bicyclic) bond motifs is 1. The van der Waals surface area contributed by atoms with E-state index in [0.29, 0.717) is 5.82 Å². The van der Waals surface area contributed by atoms with Gasteiger partial charge in [0.1, 0.15) is 10.4 Å². The summed E-state index contributed by atoms with van der Waals surface area (Å²) in [6, 6.07) is 7.72. The molecule has 0 bridgehead atoms. The molecule has 1 aliphatic rings. The van der Waals surface area contributed by atoms with Crippen LogP contribution >= 0.6 is 15.9 Å². The molecule has 2 aromatic heterocycles. The van der Waals surface area contributed by atoms with Gasteiger partial charge in [-0.15, -0.1) is 0 Å². The summed E-state index contributed by atoms with van der Waals surface area (Å²) in [5.74, 6) is 0.659. The van der Waals surface area contributed by atoms with Gasteiger partial charge in [-0.1, -0.05) is 19.1 Å². The molecule has 1 N–H and O–H groups in total. The monoisotopic (exact) mass is 331 g/mol. The van der Waals surface area contributed by atoms with Gasteiger partial charge in [0, 0.05) is 23.9 Å². The zero-order chi connectivity index (χ0) is 14.3. The fourth-order valence-corrected chi connectivity index (χ4v) is 2.92. The first kappa shape index (κ1) is 13.2. The Bertz CT molecular complexity index is 671. The van der Waals surface area contributed by atoms with Crippen LogP contribution in [-0.4, -0.2) is 15.9 Å². The number of amides is 1. The van der Waals surface area contributed by atoms with Crippen LogP contribution in [0.3, 0.4) is 0 Å². The summed E-state index contributed by atoms with van der Waals surface area (Å²) in [6.07, 6.45) is 3.50. The van der Waals surface area contributed by atoms with E-state index >= 15 is 0 Å². The summed E-state index contributed by atoms with van der Waals surface area (Å²) >= 11 is 3.33. The summed E-state index contributed by atoms with van der Waals surface area (Å²) < 4.78 is 0.788. The zero-order valence-corrected chi connectivity index (χ0v) is 12.8. The number of carbonyl (C=O) groups is 1. The van der Waals surface area contributed by atoms with E-state index in [1.807, 2.05) is 44.3 Å². The molecule has 1 amide bonds. The minimum Gasteiger partial charge on any atom is -0.310 e. The fraction of sp³-hybridized carbons (Fsp3) is 0.267. The molecule has 0 saturated carbocycles. The van der Waals surface area contributed by atoms with Crippen molar-refractivity contribution in [1.29, 1.82) is 0 Å². The second-order valence-electron chi connectivity index (χ2n) is 5.19. The summed E-state index contributed by atoms with van der Waals surface area (Å²) in [7, 11) is 0. The lowest BCUT2D eigenvalue weighted by molar-refractivity contribution is -0.120. The molecule has 0 radical (unpaired) electrons. The van der Waals surface area contributed by atoms with E-state index in [2.05, 4.69) is 31.2 Å². The topological polar surface area (TPSA) is 54.9 Å². The lowest BCUT2D eigenvalue weighted by Gasteiger charge is -2.29. The van der Waals surface area contributed by atoms with Gasteiger partial charge in [0.05, 0.1) is 5.41 Å². The number of halogens is 1. The predicted molar refractivity (Wildman–Crippen MR) is 80.6 cm³/mol. The third-order valence-electron chi connectivity index (χ3n) is 4.19. The Morgan fingerprint density at radius 3 is 2.80 bits per heavy atom. The number of hydrogen-bond donors (Lipinski definition) is 1. The Hall–Kier alpha value is -1.75. The molecule has 3 heterocycles. The first-order valence-electron chi connectivity index (χ1n) is 6.42. The van der Waals surface area contributed by atoms with Crippen molar-refractivity contribution in [2.45, 2.75) is 25.2 Å². The van der Waals surface area contributed by atoms with Crippen molar-refractivity contribution < 1.29 is 4.79 Å². The van der Waals surface area contributed by atoms with Gasteiger partial charge in [-0.2, -0.15) is 0 Å². The summed E-state index contributed by atoms with van der Waals surface area (Å²) in [5, 5.41) is 2.87. The van der Waals surface area contributed by atoms with Gasteiger partial charge in [-0.3, -0.25) is 4.79 Å². The van der Waals surface area contributed by atoms with Crippen molar-refractivity contribution in [2.75, 3.05) is 5.32 Å². The maximum Gasteiger partial charge on any atom is 0.236 e. The molecule has 1 aliphatic heterocycles. The van der Waals surface area contributed by atoms with Gasteiger partial charge in [0.25, 0.3) is 0 Å². The third kappa shape index (κ3) is 1.85. The highest BCUT2D eigenvalue weighted by Crippen LogP contribution is 2.45. The molecule has 2 aromatic rings. The summed E-state index contributed by atoms with van der Waals surface area (Å²) in [6.45, 7) is 4.01. The molecule has 4 nitrogen and oxygen atoms in total. The Balaban J connectivity index is 2.08. The molecule has 0 saturated heterocycles. The molecule has 0 unspecified atom stereocenters. The number of carbonyl (C=O) groups excluding carboxylic acids is 1. The third-order valence-corrected chi connectivity index (χ3v) is 4.66. The van der Waals surface area contributed by atoms with Gasteiger partial charge in [-0.25, -0.2) is 9.97 Å². The molecule has 0 aromatic carbocycles. The second-order valence-corrected chi connectivity index (χ2v) is 6.00. The van der Waals surface area contributed by atoms with Crippen LogP contribution in [0.4, 0.5) is 5.82 Å². The Labute approximate surface area is 125 Å². The summed E-state index contributed by atoms with van der Waals surface area (Å²) in [4.78, 5) is 20.9. The van der Waals surface area contributed by atoms with Crippen LogP contribution in [-0.2, 0) is 10.2 Å². The van der Waals surface area contributed by atoms with Crippen LogP contribution < -0.4 is 5.32 Å². The van der Waals surface area contributed by atoms with Crippen LogP contribution in [0.25, 0.3) is 0 Å². The van der Waals surface area contributed by atoms with E-state index in [4.69, 9.17) is 0 Å². The van der Waals surface area contributed by atoms with Crippen molar-refractivity contribution in [3.05, 3.63) is 52.4 Å². The molecular weight excluding hydrogens is 318 g/mol. The van der Waals surface area contributed by atoms with Gasteiger partial charge < -0.3 is 5.32 Å². The Morgan fingerprint density at radius 1 is 1.30 bits per heavy atom. The maximum absolute atomic E-state index is 12.5. The van der Waals surface area contributed by atoms with E-state index in [1.54, 1.807) is 6.20 Å². The molecule has 5 heteroatoms. The van der Waals surface area contributed by atoms with Crippen LogP contribution in [0, 0.1) is 0 Å². The lowest BCUT2D eigenvalue weighted by atomic mass is 9.71. The molecule has 3 rings (SSSR count). The number of aromatic nitrogens is 2. The highest BCUT2D eigenvalue weighted by atomic mass is 79.9. The van der Waals surface area contributed by atoms with Crippen molar-refractivity contribution in [1.82, 2.24) is 9.97 Å². The van der Waals surface area contributed by atoms with Gasteiger partial charge in [0.15, 0.2) is 0 Å². The molecule has 0 aliphatic carbocycles. The minimum absolute atomic E-state index is 0.00792. The SMILES string of the molecule is C[C@H](c1ccc(Br)nc1)[C@@]1(C)C(=O)Nc2ncccc21. The molecule has 102 valence electrons. The van der Waals surface area contributed by atoms with Crippen molar-refractivity contribution >= 4 is 27.7 Å². The first-order chi connectivity index (χ1) is 9.53. The smallest absolute Gasteiger partial charge is 0.236 e. The maximum atomic E-state index is 12.5. The van der Waals surface area contributed by atoms with E-state index in [-0.39, 0.29) is 11.8 Å². The van der Waals surface area contributed by atoms with E-state index < -0.39 is 5.41 Å². The standard InChI is InChI=1S/C15H14BrN3O/c1-9(10-5-6-12(16)18-8-10)15(2)11-4-3-7-17-13(11)19-14(15)20/h3-9H,1-2H3,(H,17,19,20)/t9-,15-/m1/s1. The van der Waals surface area contributed by atoms with E-state index in [1.165, 1.54) is 0 Å². The highest BCUT2D eigenvalue weighted by molar-refractivity contribution is 9.10. The average Bonchev–Trinajstić information content (AvgIpc) is 2.72. The summed E-state index contributed by atoms with van der Waals surface area (Å²) in [5.41, 5.74) is 1.35. The van der Waals surface area contributed by atoms with E-state index in [9.17, 15) is 4.79 Å². The zero-order valence-electron chi connectivity index (χ0n) is 11.2. The number of nitrogens with one attached hydrogen (secondary N) is 1. The van der Waals surface area contributed by atoms with Gasteiger partial charge >= 0.3 is 0 Å². The van der Waals surface area contributed by atoms with Crippen molar-refractivity contribution in [3.63, 3.8) is 0 Å². The van der Waals surface area contributed by atoms with Crippen molar-refractivity contribution in [2.24, 2.45) is 0 Å². The van der Waals surface area contributed by atoms with Crippen molar-refractivity contribution in [3.8, 4) is 0 Å². The highest BCUT2D eigenvalue weighted by Gasteiger charge is 2.47. The molecule has 0 spiro atoms. The van der Waals surface area contributed by atoms with Gasteiger partial charge in [-0.05, 0) is 40.5 Å². The van der Waals surface area contributed by atoms with Crippen LogP contribution in [0.15, 0.2) is 41.3 Å². The number of anilines is 1. The largest absolute Gasteiger partial charge is 0.310 e. The fourth-order valence-electron chi connectivity index (χ4n) is 2.69. The molecule has 20 heavy (non-hydrogen) atoms. The average molecular weight is 332 g/mol. The van der Waals surface area contributed by atoms with E-state index in [0.717, 1.165) is 15.7 Å². The second kappa shape index (κ2) is 4.66. The molecular formula is C15H14BrN3O. The van der Waals surface area contributed by atoms with Gasteiger partial charge in [0.2, 0.25) is 5.91 Å². The quantitative estimate of drug-likeness (QED) is 0.859. The van der Waals surface area contributed by atoms with Crippen LogP contribution in [0.1, 0.15) is 30.9 Å². The Kier molecular flexibility index (Phi) is 3.09. The molecule has 0 fully saturated rings. The predicted octanol–water partition coefficient (Wildman–Crippen LogP) is 3.25. The normalized spacial score (nSPS) is 22.2. The lowest BCUT2D eigenvalue weighted by Crippen LogP contribution is -2.36.